The molecule has 3 aromatic rings. The van der Waals surface area contributed by atoms with Gasteiger partial charge in [0.2, 0.25) is 0 Å². The molecule has 2 aliphatic heterocycles. The highest BCUT2D eigenvalue weighted by atomic mass is 16.7. The fourth-order valence-electron chi connectivity index (χ4n) is 5.07. The molecule has 10 N–H and O–H groups in total. The van der Waals surface area contributed by atoms with Gasteiger partial charge in [-0.15, -0.1) is 0 Å². The summed E-state index contributed by atoms with van der Waals surface area (Å²) in [4.78, 5) is 13.0. The molecule has 10 atom stereocenters. The van der Waals surface area contributed by atoms with Gasteiger partial charge in [0, 0.05) is 17.7 Å². The van der Waals surface area contributed by atoms with Gasteiger partial charge in [-0.1, -0.05) is 0 Å². The van der Waals surface area contributed by atoms with E-state index in [-0.39, 0.29) is 22.5 Å². The first-order chi connectivity index (χ1) is 19.9. The molecule has 0 bridgehead atoms. The zero-order valence-corrected chi connectivity index (χ0v) is 21.7. The van der Waals surface area contributed by atoms with Crippen LogP contribution in [0.5, 0.6) is 17.2 Å². The molecule has 0 unspecified atom stereocenters. The number of benzene rings is 2. The van der Waals surface area contributed by atoms with Crippen LogP contribution in [-0.4, -0.2) is 119 Å². The minimum Gasteiger partial charge on any atom is -0.508 e. The van der Waals surface area contributed by atoms with Gasteiger partial charge in [-0.05, 0) is 24.3 Å². The molecule has 15 heteroatoms. The quantitative estimate of drug-likeness (QED) is 0.147. The lowest BCUT2D eigenvalue weighted by Gasteiger charge is -2.43. The molecule has 0 aliphatic carbocycles. The van der Waals surface area contributed by atoms with E-state index in [1.165, 1.54) is 24.3 Å². The summed E-state index contributed by atoms with van der Waals surface area (Å²) >= 11 is 0. The normalized spacial score (nSPS) is 33.6. The maximum absolute atomic E-state index is 13.0. The van der Waals surface area contributed by atoms with Crippen LogP contribution in [0, 0.1) is 0 Å². The van der Waals surface area contributed by atoms with Gasteiger partial charge < -0.3 is 69.7 Å². The topological polar surface area (TPSA) is 260 Å². The Labute approximate surface area is 236 Å². The number of aliphatic hydroxyl groups is 7. The van der Waals surface area contributed by atoms with Gasteiger partial charge in [-0.2, -0.15) is 0 Å². The molecule has 3 heterocycles. The van der Waals surface area contributed by atoms with Gasteiger partial charge in [-0.25, -0.2) is 0 Å². The lowest BCUT2D eigenvalue weighted by atomic mass is 9.89. The van der Waals surface area contributed by atoms with Gasteiger partial charge >= 0.3 is 0 Å². The predicted octanol–water partition coefficient (Wildman–Crippen LogP) is -2.08. The Hall–Kier alpha value is -3.35. The molecule has 2 saturated heterocycles. The van der Waals surface area contributed by atoms with E-state index >= 15 is 0 Å². The maximum atomic E-state index is 13.0. The van der Waals surface area contributed by atoms with Crippen molar-refractivity contribution in [3.05, 3.63) is 52.2 Å². The van der Waals surface area contributed by atoms with Gasteiger partial charge in [0.1, 0.15) is 88.9 Å². The van der Waals surface area contributed by atoms with Crippen LogP contribution in [0.15, 0.2) is 45.6 Å². The Morgan fingerprint density at radius 3 is 2.07 bits per heavy atom. The van der Waals surface area contributed by atoms with E-state index in [4.69, 9.17) is 18.6 Å². The number of phenolic OH excluding ortho intramolecular Hbond substituents is 3. The zero-order chi connectivity index (χ0) is 30.5. The summed E-state index contributed by atoms with van der Waals surface area (Å²) in [5.74, 6) is -1.46. The molecular formula is C27H30O15. The summed E-state index contributed by atoms with van der Waals surface area (Å²) in [5.41, 5.74) is -1.03. The molecule has 0 spiro atoms. The summed E-state index contributed by atoms with van der Waals surface area (Å²) in [5, 5.41) is 102. The Balaban J connectivity index is 1.43. The van der Waals surface area contributed by atoms with Crippen molar-refractivity contribution in [3.63, 3.8) is 0 Å². The van der Waals surface area contributed by atoms with E-state index in [1.54, 1.807) is 0 Å². The second-order valence-corrected chi connectivity index (χ2v) is 10.2. The van der Waals surface area contributed by atoms with Crippen molar-refractivity contribution in [1.29, 1.82) is 0 Å². The van der Waals surface area contributed by atoms with E-state index in [0.717, 1.165) is 12.1 Å². The number of phenols is 3. The Morgan fingerprint density at radius 2 is 1.40 bits per heavy atom. The molecule has 0 saturated carbocycles. The van der Waals surface area contributed by atoms with Crippen molar-refractivity contribution in [2.75, 3.05) is 13.2 Å². The van der Waals surface area contributed by atoms with Gasteiger partial charge in [0.15, 0.2) is 11.7 Å². The van der Waals surface area contributed by atoms with Crippen LogP contribution in [0.1, 0.15) is 11.7 Å². The molecule has 15 nitrogen and oxygen atoms in total. The molecule has 5 rings (SSSR count). The number of rotatable bonds is 6. The van der Waals surface area contributed by atoms with E-state index < -0.39 is 96.9 Å². The van der Waals surface area contributed by atoms with Crippen LogP contribution in [0.25, 0.3) is 22.3 Å². The molecule has 2 aromatic carbocycles. The summed E-state index contributed by atoms with van der Waals surface area (Å²) < 4.78 is 22.0. The molecule has 2 fully saturated rings. The first-order valence-electron chi connectivity index (χ1n) is 12.9. The van der Waals surface area contributed by atoms with E-state index in [9.17, 15) is 55.9 Å². The molecule has 228 valence electrons. The Morgan fingerprint density at radius 1 is 0.762 bits per heavy atom. The van der Waals surface area contributed by atoms with E-state index in [2.05, 4.69) is 0 Å². The summed E-state index contributed by atoms with van der Waals surface area (Å²) in [7, 11) is 0. The average Bonchev–Trinajstić information content (AvgIpc) is 2.96. The van der Waals surface area contributed by atoms with Crippen LogP contribution in [-0.2, 0) is 14.2 Å². The second-order valence-electron chi connectivity index (χ2n) is 10.2. The Bertz CT molecular complexity index is 1470. The predicted molar refractivity (Wildman–Crippen MR) is 138 cm³/mol. The standard InChI is InChI=1S/C27H30O15/c28-7-15-19(32)23(36)25(38)27(42-15)39-8-16-20(33)22(35)24(37)26(41-16)18-12(31)6-14-17(21(18)34)11(30)5-13(40-14)9-1-3-10(29)4-2-9/h1-6,15-16,19-20,22-29,31-38H,7-8H2/t15-,16-,19-,20-,22-,23-,24-,25-,26+,27-/m1/s1. The molecule has 1 aromatic heterocycles. The number of ether oxygens (including phenoxy) is 3. The number of aromatic hydroxyl groups is 3. The number of fused-ring (bicyclic) bond motifs is 1. The Kier molecular flexibility index (Phi) is 8.41. The number of aliphatic hydroxyl groups excluding tert-OH is 7. The van der Waals surface area contributed by atoms with Crippen LogP contribution in [0.3, 0.4) is 0 Å². The van der Waals surface area contributed by atoms with Crippen molar-refractivity contribution < 1.29 is 69.7 Å². The molecule has 2 aliphatic rings. The van der Waals surface area contributed by atoms with Crippen LogP contribution in [0.4, 0.5) is 0 Å². The van der Waals surface area contributed by atoms with Gasteiger partial charge in [0.05, 0.1) is 18.8 Å². The van der Waals surface area contributed by atoms with Crippen LogP contribution in [0.2, 0.25) is 0 Å². The minimum atomic E-state index is -1.92. The first-order valence-corrected chi connectivity index (χ1v) is 12.9. The highest BCUT2D eigenvalue weighted by Gasteiger charge is 2.48. The number of hydrogen-bond acceptors (Lipinski definition) is 15. The highest BCUT2D eigenvalue weighted by molar-refractivity contribution is 5.88. The smallest absolute Gasteiger partial charge is 0.197 e. The number of hydrogen-bond donors (Lipinski definition) is 10. The van der Waals surface area contributed by atoms with Crippen molar-refractivity contribution in [2.24, 2.45) is 0 Å². The highest BCUT2D eigenvalue weighted by Crippen LogP contribution is 2.45. The van der Waals surface area contributed by atoms with Crippen LogP contribution >= 0.6 is 0 Å². The van der Waals surface area contributed by atoms with Crippen molar-refractivity contribution in [3.8, 4) is 28.6 Å². The van der Waals surface area contributed by atoms with Crippen molar-refractivity contribution in [2.45, 2.75) is 61.2 Å². The third kappa shape index (κ3) is 5.31. The average molecular weight is 595 g/mol. The van der Waals surface area contributed by atoms with Gasteiger partial charge in [-0.3, -0.25) is 4.79 Å². The zero-order valence-electron chi connectivity index (χ0n) is 21.7. The third-order valence-electron chi connectivity index (χ3n) is 7.43. The summed E-state index contributed by atoms with van der Waals surface area (Å²) in [6, 6.07) is 7.79. The maximum Gasteiger partial charge on any atom is 0.197 e. The monoisotopic (exact) mass is 594 g/mol. The minimum absolute atomic E-state index is 0.0166. The summed E-state index contributed by atoms with van der Waals surface area (Å²) in [6.07, 6.45) is -16.8. The van der Waals surface area contributed by atoms with Crippen molar-refractivity contribution in [1.82, 2.24) is 0 Å². The third-order valence-corrected chi connectivity index (χ3v) is 7.43. The molecule has 0 radical (unpaired) electrons. The molecular weight excluding hydrogens is 564 g/mol. The second kappa shape index (κ2) is 11.7. The van der Waals surface area contributed by atoms with E-state index in [0.29, 0.717) is 5.56 Å². The SMILES string of the molecule is O=c1cc(-c2ccc(O)cc2)oc2cc(O)c([C@@H]3O[C@H](CO[C@@H]4O[C@H](CO)[C@@H](O)[C@@H](O)[C@H]4O)[C@@H](O)[C@@H](O)[C@H]3O)c(O)c12. The fraction of sp³-hybridized carbons (Fsp3) is 0.444. The molecule has 0 amide bonds. The van der Waals surface area contributed by atoms with Gasteiger partial charge in [0.25, 0.3) is 0 Å². The molecule has 42 heavy (non-hydrogen) atoms. The lowest BCUT2D eigenvalue weighted by Crippen LogP contribution is -2.60. The van der Waals surface area contributed by atoms with E-state index in [1.807, 2.05) is 0 Å². The summed E-state index contributed by atoms with van der Waals surface area (Å²) in [6.45, 7) is -1.36. The van der Waals surface area contributed by atoms with Crippen molar-refractivity contribution >= 4 is 11.0 Å². The van der Waals surface area contributed by atoms with Crippen LogP contribution < -0.4 is 5.43 Å². The largest absolute Gasteiger partial charge is 0.508 e. The lowest BCUT2D eigenvalue weighted by molar-refractivity contribution is -0.314. The fourth-order valence-corrected chi connectivity index (χ4v) is 5.07. The first kappa shape index (κ1) is 30.1.